The minimum absolute atomic E-state index is 0.0176. The quantitative estimate of drug-likeness (QED) is 0.768. The molecule has 7 nitrogen and oxygen atoms in total. The van der Waals surface area contributed by atoms with Crippen molar-refractivity contribution in [2.75, 3.05) is 19.6 Å². The number of aromatic nitrogens is 3. The zero-order valence-corrected chi connectivity index (χ0v) is 15.4. The van der Waals surface area contributed by atoms with E-state index >= 15 is 0 Å². The lowest BCUT2D eigenvalue weighted by atomic mass is 9.97. The molecule has 0 spiro atoms. The number of piperidine rings is 1. The molecule has 0 radical (unpaired) electrons. The fourth-order valence-electron chi connectivity index (χ4n) is 3.47. The summed E-state index contributed by atoms with van der Waals surface area (Å²) in [7, 11) is 0. The van der Waals surface area contributed by atoms with Crippen LogP contribution in [0.2, 0.25) is 0 Å². The van der Waals surface area contributed by atoms with E-state index < -0.39 is 0 Å². The van der Waals surface area contributed by atoms with Crippen molar-refractivity contribution >= 4 is 16.9 Å². The Morgan fingerprint density at radius 1 is 1.19 bits per heavy atom. The summed E-state index contributed by atoms with van der Waals surface area (Å²) in [6.07, 6.45) is 2.41. The second-order valence-electron chi connectivity index (χ2n) is 6.92. The molecule has 0 saturated carbocycles. The molecule has 140 valence electrons. The van der Waals surface area contributed by atoms with Crippen LogP contribution < -0.4 is 5.32 Å². The van der Waals surface area contributed by atoms with Crippen LogP contribution in [-0.2, 0) is 6.42 Å². The first-order valence-electron chi connectivity index (χ1n) is 9.37. The highest BCUT2D eigenvalue weighted by atomic mass is 16.5. The van der Waals surface area contributed by atoms with Crippen molar-refractivity contribution in [1.82, 2.24) is 25.3 Å². The summed E-state index contributed by atoms with van der Waals surface area (Å²) in [5, 5.41) is 7.98. The van der Waals surface area contributed by atoms with Gasteiger partial charge >= 0.3 is 6.03 Å². The lowest BCUT2D eigenvalue weighted by molar-refractivity contribution is 0.175. The number of likely N-dealkylation sites (tertiary alicyclic amines) is 1. The molecule has 4 rings (SSSR count). The Kier molecular flexibility index (Phi) is 5.00. The number of carbonyl (C=O) groups excluding carboxylic acids is 1. The summed E-state index contributed by atoms with van der Waals surface area (Å²) in [5.74, 6) is 1.60. The Hall–Kier alpha value is -2.96. The van der Waals surface area contributed by atoms with Crippen LogP contribution in [0.5, 0.6) is 0 Å². The van der Waals surface area contributed by atoms with Crippen molar-refractivity contribution in [3.8, 4) is 0 Å². The molecule has 1 aliphatic rings. The summed E-state index contributed by atoms with van der Waals surface area (Å²) in [6, 6.07) is 12.1. The van der Waals surface area contributed by atoms with Gasteiger partial charge in [-0.15, -0.1) is 0 Å². The largest absolute Gasteiger partial charge is 0.339 e. The summed E-state index contributed by atoms with van der Waals surface area (Å²) in [5.41, 5.74) is 1.97. The van der Waals surface area contributed by atoms with E-state index in [1.54, 1.807) is 0 Å². The minimum Gasteiger partial charge on any atom is -0.339 e. The second kappa shape index (κ2) is 7.73. The molecule has 1 aliphatic heterocycles. The lowest BCUT2D eigenvalue weighted by Crippen LogP contribution is -2.44. The van der Waals surface area contributed by atoms with Crippen LogP contribution in [-0.4, -0.2) is 45.7 Å². The molecule has 1 saturated heterocycles. The lowest BCUT2D eigenvalue weighted by Gasteiger charge is -2.30. The molecular formula is C20H23N5O2. The van der Waals surface area contributed by atoms with Gasteiger partial charge in [0.05, 0.1) is 5.52 Å². The number of rotatable bonds is 4. The fourth-order valence-corrected chi connectivity index (χ4v) is 3.47. The Morgan fingerprint density at radius 2 is 2.00 bits per heavy atom. The third-order valence-corrected chi connectivity index (χ3v) is 4.99. The highest BCUT2D eigenvalue weighted by Gasteiger charge is 2.27. The Morgan fingerprint density at radius 3 is 2.78 bits per heavy atom. The Labute approximate surface area is 157 Å². The molecule has 3 aromatic rings. The number of nitrogens with zero attached hydrogens (tertiary/aromatic N) is 4. The van der Waals surface area contributed by atoms with Crippen molar-refractivity contribution in [1.29, 1.82) is 0 Å². The standard InChI is InChI=1S/C20H23N5O2/c1-14-22-19(27-24-14)16-9-12-25(13-10-16)20(26)21-11-8-17-7-6-15-4-2-3-5-18(15)23-17/h2-7,16H,8-13H2,1H3,(H,21,26). The number of hydrogen-bond acceptors (Lipinski definition) is 5. The molecule has 27 heavy (non-hydrogen) atoms. The smallest absolute Gasteiger partial charge is 0.317 e. The zero-order chi connectivity index (χ0) is 18.6. The molecule has 3 heterocycles. The monoisotopic (exact) mass is 365 g/mol. The van der Waals surface area contributed by atoms with Crippen LogP contribution in [0.3, 0.4) is 0 Å². The average molecular weight is 365 g/mol. The second-order valence-corrected chi connectivity index (χ2v) is 6.92. The van der Waals surface area contributed by atoms with Gasteiger partial charge in [-0.3, -0.25) is 4.98 Å². The number of carbonyl (C=O) groups is 1. The van der Waals surface area contributed by atoms with E-state index in [4.69, 9.17) is 4.52 Å². The molecule has 0 aliphatic carbocycles. The number of urea groups is 1. The van der Waals surface area contributed by atoms with Gasteiger partial charge in [-0.25, -0.2) is 4.79 Å². The van der Waals surface area contributed by atoms with Crippen LogP contribution in [0.25, 0.3) is 10.9 Å². The van der Waals surface area contributed by atoms with Crippen molar-refractivity contribution in [3.63, 3.8) is 0 Å². The van der Waals surface area contributed by atoms with Crippen LogP contribution in [0.15, 0.2) is 40.9 Å². The molecule has 1 fully saturated rings. The Balaban J connectivity index is 1.24. The van der Waals surface area contributed by atoms with Crippen LogP contribution in [0.4, 0.5) is 4.79 Å². The number of aryl methyl sites for hydroxylation is 1. The Bertz CT molecular complexity index is 931. The van der Waals surface area contributed by atoms with Gasteiger partial charge in [-0.05, 0) is 31.9 Å². The molecule has 0 unspecified atom stereocenters. The van der Waals surface area contributed by atoms with Crippen LogP contribution >= 0.6 is 0 Å². The minimum atomic E-state index is -0.0176. The van der Waals surface area contributed by atoms with E-state index in [-0.39, 0.29) is 11.9 Å². The first-order chi connectivity index (χ1) is 13.2. The molecule has 2 amide bonds. The van der Waals surface area contributed by atoms with Crippen molar-refractivity contribution in [3.05, 3.63) is 53.8 Å². The first-order valence-corrected chi connectivity index (χ1v) is 9.37. The molecule has 0 bridgehead atoms. The SMILES string of the molecule is Cc1noc(C2CCN(C(=O)NCCc3ccc4ccccc4n3)CC2)n1. The zero-order valence-electron chi connectivity index (χ0n) is 15.4. The summed E-state index contributed by atoms with van der Waals surface area (Å²) in [4.78, 5) is 23.2. The molecule has 0 atom stereocenters. The molecular weight excluding hydrogens is 342 g/mol. The van der Waals surface area contributed by atoms with Crippen LogP contribution in [0.1, 0.15) is 36.2 Å². The summed E-state index contributed by atoms with van der Waals surface area (Å²) in [6.45, 7) is 3.80. The van der Waals surface area contributed by atoms with Gasteiger partial charge in [0.15, 0.2) is 5.82 Å². The fraction of sp³-hybridized carbons (Fsp3) is 0.400. The van der Waals surface area contributed by atoms with E-state index in [2.05, 4.69) is 26.5 Å². The van der Waals surface area contributed by atoms with Gasteiger partial charge < -0.3 is 14.7 Å². The molecule has 2 aromatic heterocycles. The van der Waals surface area contributed by atoms with Gasteiger partial charge in [-0.1, -0.05) is 29.4 Å². The van der Waals surface area contributed by atoms with Gasteiger partial charge in [0.25, 0.3) is 0 Å². The number of para-hydroxylation sites is 1. The van der Waals surface area contributed by atoms with Gasteiger partial charge in [0.1, 0.15) is 0 Å². The van der Waals surface area contributed by atoms with E-state index in [0.29, 0.717) is 37.8 Å². The number of nitrogens with one attached hydrogen (secondary N) is 1. The third-order valence-electron chi connectivity index (χ3n) is 4.99. The van der Waals surface area contributed by atoms with Gasteiger partial charge in [0.2, 0.25) is 5.89 Å². The number of fused-ring (bicyclic) bond motifs is 1. The van der Waals surface area contributed by atoms with Crippen LogP contribution in [0, 0.1) is 6.92 Å². The first kappa shape index (κ1) is 17.5. The maximum atomic E-state index is 12.4. The highest BCUT2D eigenvalue weighted by molar-refractivity contribution is 5.78. The van der Waals surface area contributed by atoms with Gasteiger partial charge in [0, 0.05) is 43.1 Å². The number of benzene rings is 1. The number of pyridine rings is 1. The van der Waals surface area contributed by atoms with Gasteiger partial charge in [-0.2, -0.15) is 4.98 Å². The van der Waals surface area contributed by atoms with E-state index in [1.165, 1.54) is 0 Å². The van der Waals surface area contributed by atoms with Crippen molar-refractivity contribution < 1.29 is 9.32 Å². The molecule has 1 aromatic carbocycles. The third kappa shape index (κ3) is 4.07. The summed E-state index contributed by atoms with van der Waals surface area (Å²) < 4.78 is 5.26. The maximum absolute atomic E-state index is 12.4. The van der Waals surface area contributed by atoms with Crippen molar-refractivity contribution in [2.45, 2.75) is 32.1 Å². The maximum Gasteiger partial charge on any atom is 0.317 e. The van der Waals surface area contributed by atoms with Crippen molar-refractivity contribution in [2.24, 2.45) is 0 Å². The van der Waals surface area contributed by atoms with E-state index in [0.717, 1.165) is 29.4 Å². The average Bonchev–Trinajstić information content (AvgIpc) is 3.14. The highest BCUT2D eigenvalue weighted by Crippen LogP contribution is 2.26. The predicted molar refractivity (Wildman–Crippen MR) is 101 cm³/mol. The number of hydrogen-bond donors (Lipinski definition) is 1. The predicted octanol–water partition coefficient (Wildman–Crippen LogP) is 3.06. The molecule has 7 heteroatoms. The topological polar surface area (TPSA) is 84.2 Å². The van der Waals surface area contributed by atoms with E-state index in [9.17, 15) is 4.79 Å². The summed E-state index contributed by atoms with van der Waals surface area (Å²) >= 11 is 0. The molecule has 1 N–H and O–H groups in total. The number of amides is 2. The van der Waals surface area contributed by atoms with E-state index in [1.807, 2.05) is 42.2 Å². The normalized spacial score (nSPS) is 15.2.